The number of aromatic nitrogens is 4. The molecule has 29 heavy (non-hydrogen) atoms. The van der Waals surface area contributed by atoms with Crippen molar-refractivity contribution in [2.75, 3.05) is 6.61 Å². The summed E-state index contributed by atoms with van der Waals surface area (Å²) in [6.07, 6.45) is 0.561. The van der Waals surface area contributed by atoms with E-state index < -0.39 is 0 Å². The number of nitrogens with zero attached hydrogens (tertiary/aromatic N) is 4. The molecule has 2 aromatic heterocycles. The number of hydrogen-bond donors (Lipinski definition) is 1. The van der Waals surface area contributed by atoms with E-state index in [1.807, 2.05) is 60.7 Å². The molecule has 0 atom stereocenters. The third kappa shape index (κ3) is 3.57. The van der Waals surface area contributed by atoms with Crippen molar-refractivity contribution in [2.24, 2.45) is 0 Å². The van der Waals surface area contributed by atoms with Crippen LogP contribution < -0.4 is 4.74 Å². The zero-order valence-electron chi connectivity index (χ0n) is 15.5. The number of hydrogen-bond acceptors (Lipinski definition) is 6. The Morgan fingerprint density at radius 1 is 0.897 bits per heavy atom. The van der Waals surface area contributed by atoms with Crippen molar-refractivity contribution in [1.29, 1.82) is 0 Å². The van der Waals surface area contributed by atoms with Crippen LogP contribution in [0.2, 0.25) is 0 Å². The monoisotopic (exact) mass is 402 g/mol. The van der Waals surface area contributed by atoms with Crippen molar-refractivity contribution in [1.82, 2.24) is 20.0 Å². The van der Waals surface area contributed by atoms with E-state index in [2.05, 4.69) is 21.2 Å². The van der Waals surface area contributed by atoms with Crippen LogP contribution in [0.25, 0.3) is 26.9 Å². The first-order valence-electron chi connectivity index (χ1n) is 9.34. The van der Waals surface area contributed by atoms with Gasteiger partial charge in [-0.15, -0.1) is 26.3 Å². The number of ether oxygens (including phenoxy) is 1. The summed E-state index contributed by atoms with van der Waals surface area (Å²) in [6, 6.07) is 21.6. The fraction of sp³-hybridized carbons (Fsp3) is 0.136. The summed E-state index contributed by atoms with van der Waals surface area (Å²) < 4.78 is 7.26. The van der Waals surface area contributed by atoms with Crippen molar-refractivity contribution in [3.63, 3.8) is 0 Å². The van der Waals surface area contributed by atoms with Crippen LogP contribution in [0.1, 0.15) is 10.6 Å². The topological polar surface area (TPSA) is 73.1 Å². The Kier molecular flexibility index (Phi) is 4.67. The lowest BCUT2D eigenvalue weighted by Gasteiger charge is -2.11. The Hall–Kier alpha value is -3.29. The number of para-hydroxylation sites is 1. The van der Waals surface area contributed by atoms with Crippen molar-refractivity contribution < 1.29 is 9.84 Å². The SMILES string of the molecule is OCCc1ccc(OCc2nc3ccccc3s2)c(-n2nc3ccccc3n2)c1. The van der Waals surface area contributed by atoms with Gasteiger partial charge in [0.05, 0.1) is 10.2 Å². The molecule has 0 amide bonds. The molecule has 0 aliphatic rings. The first-order chi connectivity index (χ1) is 14.3. The van der Waals surface area contributed by atoms with Gasteiger partial charge >= 0.3 is 0 Å². The Balaban J connectivity index is 1.49. The van der Waals surface area contributed by atoms with E-state index in [0.717, 1.165) is 37.5 Å². The normalized spacial score (nSPS) is 11.3. The highest BCUT2D eigenvalue weighted by Crippen LogP contribution is 2.27. The molecule has 6 nitrogen and oxygen atoms in total. The number of thiazole rings is 1. The van der Waals surface area contributed by atoms with Gasteiger partial charge in [-0.2, -0.15) is 0 Å². The lowest BCUT2D eigenvalue weighted by molar-refractivity contribution is 0.297. The third-order valence-electron chi connectivity index (χ3n) is 4.62. The molecule has 2 heterocycles. The van der Waals surface area contributed by atoms with Crippen molar-refractivity contribution in [3.05, 3.63) is 77.3 Å². The molecular formula is C22H18N4O2S. The fourth-order valence-corrected chi connectivity index (χ4v) is 4.10. The van der Waals surface area contributed by atoms with E-state index in [-0.39, 0.29) is 6.61 Å². The Bertz CT molecular complexity index is 1230. The van der Waals surface area contributed by atoms with Gasteiger partial charge in [-0.3, -0.25) is 0 Å². The summed E-state index contributed by atoms with van der Waals surface area (Å²) in [5.41, 5.74) is 4.36. The maximum absolute atomic E-state index is 9.31. The highest BCUT2D eigenvalue weighted by molar-refractivity contribution is 7.18. The van der Waals surface area contributed by atoms with E-state index in [4.69, 9.17) is 4.74 Å². The van der Waals surface area contributed by atoms with Crippen LogP contribution in [-0.4, -0.2) is 31.7 Å². The number of fused-ring (bicyclic) bond motifs is 2. The minimum absolute atomic E-state index is 0.0832. The van der Waals surface area contributed by atoms with Crippen LogP contribution >= 0.6 is 11.3 Å². The van der Waals surface area contributed by atoms with E-state index in [9.17, 15) is 5.11 Å². The van der Waals surface area contributed by atoms with Gasteiger partial charge in [0.1, 0.15) is 34.1 Å². The van der Waals surface area contributed by atoms with E-state index in [1.165, 1.54) is 0 Å². The number of aliphatic hydroxyl groups is 1. The summed E-state index contributed by atoms with van der Waals surface area (Å²) >= 11 is 1.63. The second-order valence-electron chi connectivity index (χ2n) is 6.62. The number of rotatable bonds is 6. The van der Waals surface area contributed by atoms with Crippen LogP contribution in [0, 0.1) is 0 Å². The zero-order valence-corrected chi connectivity index (χ0v) is 16.3. The van der Waals surface area contributed by atoms with Gasteiger partial charge in [0, 0.05) is 6.61 Å². The maximum atomic E-state index is 9.31. The summed E-state index contributed by atoms with van der Waals surface area (Å²) in [5, 5.41) is 19.4. The predicted octanol–water partition coefficient (Wildman–Crippen LogP) is 4.14. The van der Waals surface area contributed by atoms with Crippen LogP contribution in [0.5, 0.6) is 5.75 Å². The fourth-order valence-electron chi connectivity index (χ4n) is 3.21. The van der Waals surface area contributed by atoms with Crippen molar-refractivity contribution >= 4 is 32.6 Å². The molecule has 3 aromatic carbocycles. The molecule has 0 saturated heterocycles. The van der Waals surface area contributed by atoms with Gasteiger partial charge in [0.2, 0.25) is 0 Å². The summed E-state index contributed by atoms with van der Waals surface area (Å²) in [6.45, 7) is 0.451. The molecule has 7 heteroatoms. The lowest BCUT2D eigenvalue weighted by Crippen LogP contribution is -2.05. The van der Waals surface area contributed by atoms with Gasteiger partial charge in [0.15, 0.2) is 0 Å². The van der Waals surface area contributed by atoms with Crippen LogP contribution in [-0.2, 0) is 13.0 Å². The number of benzene rings is 3. The molecule has 0 fully saturated rings. The molecule has 0 aliphatic carbocycles. The molecule has 0 radical (unpaired) electrons. The van der Waals surface area contributed by atoms with Crippen LogP contribution in [0.4, 0.5) is 0 Å². The molecule has 5 aromatic rings. The maximum Gasteiger partial charge on any atom is 0.147 e. The van der Waals surface area contributed by atoms with E-state index in [0.29, 0.717) is 18.8 Å². The molecule has 0 unspecified atom stereocenters. The molecule has 5 rings (SSSR count). The lowest BCUT2D eigenvalue weighted by atomic mass is 10.1. The summed E-state index contributed by atoms with van der Waals surface area (Å²) in [4.78, 5) is 6.23. The third-order valence-corrected chi connectivity index (χ3v) is 5.63. The van der Waals surface area contributed by atoms with Crippen molar-refractivity contribution in [3.8, 4) is 11.4 Å². The highest BCUT2D eigenvalue weighted by Gasteiger charge is 2.13. The van der Waals surface area contributed by atoms with Gasteiger partial charge in [-0.25, -0.2) is 4.98 Å². The Labute approximate surface area is 171 Å². The van der Waals surface area contributed by atoms with Gasteiger partial charge < -0.3 is 9.84 Å². The Morgan fingerprint density at radius 3 is 2.34 bits per heavy atom. The zero-order chi connectivity index (χ0) is 19.6. The molecule has 0 spiro atoms. The van der Waals surface area contributed by atoms with Gasteiger partial charge in [-0.05, 0) is 48.4 Å². The quantitative estimate of drug-likeness (QED) is 0.462. The van der Waals surface area contributed by atoms with E-state index >= 15 is 0 Å². The highest BCUT2D eigenvalue weighted by atomic mass is 32.1. The average Bonchev–Trinajstić information content (AvgIpc) is 3.36. The standard InChI is InChI=1S/C22H18N4O2S/c27-12-11-15-9-10-20(28-14-22-23-18-7-3-4-8-21(18)29-22)19(13-15)26-24-16-5-1-2-6-17(16)25-26/h1-10,13,27H,11-12,14H2. The van der Waals surface area contributed by atoms with E-state index in [1.54, 1.807) is 16.1 Å². The predicted molar refractivity (Wildman–Crippen MR) is 114 cm³/mol. The van der Waals surface area contributed by atoms with Crippen molar-refractivity contribution in [2.45, 2.75) is 13.0 Å². The minimum Gasteiger partial charge on any atom is -0.484 e. The number of aliphatic hydroxyl groups excluding tert-OH is 1. The summed E-state index contributed by atoms with van der Waals surface area (Å²) in [5.74, 6) is 0.672. The molecule has 144 valence electrons. The largest absolute Gasteiger partial charge is 0.484 e. The molecule has 0 aliphatic heterocycles. The average molecular weight is 402 g/mol. The first-order valence-corrected chi connectivity index (χ1v) is 10.2. The second kappa shape index (κ2) is 7.62. The van der Waals surface area contributed by atoms with Crippen LogP contribution in [0.15, 0.2) is 66.7 Å². The summed E-state index contributed by atoms with van der Waals surface area (Å²) in [7, 11) is 0. The first kappa shape index (κ1) is 17.8. The minimum atomic E-state index is 0.0832. The molecule has 1 N–H and O–H groups in total. The molecule has 0 bridgehead atoms. The van der Waals surface area contributed by atoms with Gasteiger partial charge in [0.25, 0.3) is 0 Å². The smallest absolute Gasteiger partial charge is 0.147 e. The van der Waals surface area contributed by atoms with Crippen LogP contribution in [0.3, 0.4) is 0 Å². The molecule has 0 saturated carbocycles. The van der Waals surface area contributed by atoms with Gasteiger partial charge in [-0.1, -0.05) is 30.3 Å². The second-order valence-corrected chi connectivity index (χ2v) is 7.73. The molecular weight excluding hydrogens is 384 g/mol. The Morgan fingerprint density at radius 2 is 1.62 bits per heavy atom.